The van der Waals surface area contributed by atoms with Crippen molar-refractivity contribution in [2.75, 3.05) is 0 Å². The van der Waals surface area contributed by atoms with Gasteiger partial charge in [-0.25, -0.2) is 4.79 Å². The maximum absolute atomic E-state index is 13.0. The second-order valence-corrected chi connectivity index (χ2v) is 8.24. The minimum Gasteiger partial charge on any atom is -0.444 e. The molecule has 0 saturated heterocycles. The standard InChI is InChI=1S/C25H28N2O3/c1-25(2,3)30-24(29)27-22(23(28)26-17-18-10-5-4-6-11-18)16-20-14-9-13-19-12-7-8-15-21(19)20/h4-15,22H,16-17H2,1-3H3,(H,26,28)(H,27,29)/t22-/m0/s1. The van der Waals surface area contributed by atoms with Gasteiger partial charge >= 0.3 is 6.09 Å². The van der Waals surface area contributed by atoms with Crippen LogP contribution in [0.2, 0.25) is 0 Å². The van der Waals surface area contributed by atoms with Crippen LogP contribution in [0.3, 0.4) is 0 Å². The lowest BCUT2D eigenvalue weighted by Gasteiger charge is -2.24. The second-order valence-electron chi connectivity index (χ2n) is 8.24. The van der Waals surface area contributed by atoms with E-state index in [2.05, 4.69) is 10.6 Å². The Morgan fingerprint density at radius 1 is 0.900 bits per heavy atom. The molecule has 1 atom stereocenters. The number of hydrogen-bond acceptors (Lipinski definition) is 3. The van der Waals surface area contributed by atoms with Gasteiger partial charge in [-0.2, -0.15) is 0 Å². The van der Waals surface area contributed by atoms with Gasteiger partial charge in [0.15, 0.2) is 0 Å². The maximum atomic E-state index is 13.0. The molecule has 30 heavy (non-hydrogen) atoms. The largest absolute Gasteiger partial charge is 0.444 e. The van der Waals surface area contributed by atoms with E-state index in [0.29, 0.717) is 13.0 Å². The quantitative estimate of drug-likeness (QED) is 0.631. The molecule has 0 bridgehead atoms. The zero-order valence-electron chi connectivity index (χ0n) is 17.6. The van der Waals surface area contributed by atoms with Crippen LogP contribution in [0, 0.1) is 0 Å². The van der Waals surface area contributed by atoms with E-state index in [4.69, 9.17) is 4.74 Å². The summed E-state index contributed by atoms with van der Waals surface area (Å²) in [5, 5.41) is 7.83. The molecule has 2 amide bonds. The van der Waals surface area contributed by atoms with E-state index in [1.165, 1.54) is 0 Å². The van der Waals surface area contributed by atoms with Gasteiger partial charge in [0.1, 0.15) is 11.6 Å². The van der Waals surface area contributed by atoms with Gasteiger partial charge in [0.2, 0.25) is 5.91 Å². The molecule has 0 aliphatic carbocycles. The lowest BCUT2D eigenvalue weighted by atomic mass is 9.98. The number of ether oxygens (including phenoxy) is 1. The van der Waals surface area contributed by atoms with Gasteiger partial charge in [-0.15, -0.1) is 0 Å². The molecule has 0 aliphatic rings. The number of amides is 2. The highest BCUT2D eigenvalue weighted by Crippen LogP contribution is 2.20. The molecular weight excluding hydrogens is 376 g/mol. The first kappa shape index (κ1) is 21.4. The zero-order chi connectivity index (χ0) is 21.6. The summed E-state index contributed by atoms with van der Waals surface area (Å²) in [6, 6.07) is 22.9. The van der Waals surface area contributed by atoms with Crippen LogP contribution in [0.5, 0.6) is 0 Å². The summed E-state index contributed by atoms with van der Waals surface area (Å²) in [7, 11) is 0. The first-order valence-electron chi connectivity index (χ1n) is 10.1. The van der Waals surface area contributed by atoms with Crippen LogP contribution < -0.4 is 10.6 Å². The molecule has 3 aromatic rings. The molecule has 156 valence electrons. The topological polar surface area (TPSA) is 67.4 Å². The van der Waals surface area contributed by atoms with Gasteiger partial charge in [0.25, 0.3) is 0 Å². The first-order valence-corrected chi connectivity index (χ1v) is 10.1. The van der Waals surface area contributed by atoms with Crippen LogP contribution >= 0.6 is 0 Å². The molecule has 5 nitrogen and oxygen atoms in total. The average Bonchev–Trinajstić information content (AvgIpc) is 2.71. The Labute approximate surface area is 177 Å². The lowest BCUT2D eigenvalue weighted by molar-refractivity contribution is -0.123. The predicted octanol–water partition coefficient (Wildman–Crippen LogP) is 4.59. The number of carbonyl (C=O) groups is 2. The third-order valence-corrected chi connectivity index (χ3v) is 4.62. The third-order valence-electron chi connectivity index (χ3n) is 4.62. The first-order chi connectivity index (χ1) is 14.3. The number of carbonyl (C=O) groups excluding carboxylic acids is 2. The summed E-state index contributed by atoms with van der Waals surface area (Å²) in [5.74, 6) is -0.252. The van der Waals surface area contributed by atoms with E-state index >= 15 is 0 Å². The molecule has 0 aliphatic heterocycles. The molecule has 2 N–H and O–H groups in total. The van der Waals surface area contributed by atoms with Crippen LogP contribution in [0.15, 0.2) is 72.8 Å². The van der Waals surface area contributed by atoms with Crippen molar-refractivity contribution in [2.24, 2.45) is 0 Å². The Hall–Kier alpha value is -3.34. The monoisotopic (exact) mass is 404 g/mol. The Kier molecular flexibility index (Phi) is 6.72. The number of fused-ring (bicyclic) bond motifs is 1. The minimum absolute atomic E-state index is 0.252. The normalized spacial score (nSPS) is 12.2. The summed E-state index contributed by atoms with van der Waals surface area (Å²) in [5.41, 5.74) is 1.34. The van der Waals surface area contributed by atoms with Crippen molar-refractivity contribution >= 4 is 22.8 Å². The summed E-state index contributed by atoms with van der Waals surface area (Å²) >= 11 is 0. The molecule has 5 heteroatoms. The van der Waals surface area contributed by atoms with Crippen LogP contribution in [-0.2, 0) is 22.5 Å². The fourth-order valence-corrected chi connectivity index (χ4v) is 3.26. The van der Waals surface area contributed by atoms with Crippen molar-refractivity contribution in [3.8, 4) is 0 Å². The van der Waals surface area contributed by atoms with Gasteiger partial charge in [-0.3, -0.25) is 4.79 Å². The van der Waals surface area contributed by atoms with E-state index in [-0.39, 0.29) is 5.91 Å². The van der Waals surface area contributed by atoms with E-state index in [0.717, 1.165) is 21.9 Å². The van der Waals surface area contributed by atoms with E-state index in [1.54, 1.807) is 20.8 Å². The van der Waals surface area contributed by atoms with Crippen LogP contribution in [-0.4, -0.2) is 23.6 Å². The zero-order valence-corrected chi connectivity index (χ0v) is 17.6. The fourth-order valence-electron chi connectivity index (χ4n) is 3.26. The highest BCUT2D eigenvalue weighted by molar-refractivity contribution is 5.89. The van der Waals surface area contributed by atoms with Crippen LogP contribution in [0.1, 0.15) is 31.9 Å². The molecule has 0 heterocycles. The van der Waals surface area contributed by atoms with Crippen molar-refractivity contribution in [1.29, 1.82) is 0 Å². The van der Waals surface area contributed by atoms with Crippen molar-refractivity contribution in [3.05, 3.63) is 83.9 Å². The number of hydrogen-bond donors (Lipinski definition) is 2. The molecule has 0 spiro atoms. The Morgan fingerprint density at radius 3 is 2.30 bits per heavy atom. The van der Waals surface area contributed by atoms with E-state index < -0.39 is 17.7 Å². The Morgan fingerprint density at radius 2 is 1.57 bits per heavy atom. The molecular formula is C25H28N2O3. The summed E-state index contributed by atoms with van der Waals surface area (Å²) in [6.07, 6.45) is -0.246. The van der Waals surface area contributed by atoms with Crippen molar-refractivity contribution in [3.63, 3.8) is 0 Å². The number of alkyl carbamates (subject to hydrolysis) is 1. The molecule has 3 aromatic carbocycles. The molecule has 0 fully saturated rings. The van der Waals surface area contributed by atoms with Crippen LogP contribution in [0.25, 0.3) is 10.8 Å². The smallest absolute Gasteiger partial charge is 0.408 e. The molecule has 3 rings (SSSR count). The molecule has 0 radical (unpaired) electrons. The highest BCUT2D eigenvalue weighted by Gasteiger charge is 2.25. The molecule has 0 saturated carbocycles. The van der Waals surface area contributed by atoms with Crippen molar-refractivity contribution < 1.29 is 14.3 Å². The number of rotatable bonds is 6. The second kappa shape index (κ2) is 9.44. The van der Waals surface area contributed by atoms with Crippen LogP contribution in [0.4, 0.5) is 4.79 Å². The number of benzene rings is 3. The molecule has 0 unspecified atom stereocenters. The number of nitrogens with one attached hydrogen (secondary N) is 2. The Balaban J connectivity index is 1.79. The van der Waals surface area contributed by atoms with Gasteiger partial charge in [0, 0.05) is 13.0 Å². The summed E-state index contributed by atoms with van der Waals surface area (Å²) in [6.45, 7) is 5.77. The van der Waals surface area contributed by atoms with Gasteiger partial charge in [0.05, 0.1) is 0 Å². The maximum Gasteiger partial charge on any atom is 0.408 e. The molecule has 0 aromatic heterocycles. The Bertz CT molecular complexity index is 1000. The SMILES string of the molecule is CC(C)(C)OC(=O)N[C@@H](Cc1cccc2ccccc12)C(=O)NCc1ccccc1. The van der Waals surface area contributed by atoms with Gasteiger partial charge in [-0.05, 0) is 42.7 Å². The van der Waals surface area contributed by atoms with Crippen molar-refractivity contribution in [2.45, 2.75) is 45.4 Å². The third kappa shape index (κ3) is 6.08. The van der Waals surface area contributed by atoms with E-state index in [1.807, 2.05) is 72.8 Å². The fraction of sp³-hybridized carbons (Fsp3) is 0.280. The van der Waals surface area contributed by atoms with Gasteiger partial charge < -0.3 is 15.4 Å². The highest BCUT2D eigenvalue weighted by atomic mass is 16.6. The average molecular weight is 405 g/mol. The lowest BCUT2D eigenvalue weighted by Crippen LogP contribution is -2.49. The summed E-state index contributed by atoms with van der Waals surface area (Å²) < 4.78 is 5.38. The summed E-state index contributed by atoms with van der Waals surface area (Å²) in [4.78, 5) is 25.4. The minimum atomic E-state index is -0.755. The predicted molar refractivity (Wildman–Crippen MR) is 119 cm³/mol. The van der Waals surface area contributed by atoms with Gasteiger partial charge in [-0.1, -0.05) is 72.8 Å². The van der Waals surface area contributed by atoms with E-state index in [9.17, 15) is 9.59 Å². The van der Waals surface area contributed by atoms with Crippen molar-refractivity contribution in [1.82, 2.24) is 10.6 Å².